The second-order valence-corrected chi connectivity index (χ2v) is 7.53. The van der Waals surface area contributed by atoms with Gasteiger partial charge in [-0.2, -0.15) is 0 Å². The number of carbonyl (C=O) groups excluding carboxylic acids is 1. The van der Waals surface area contributed by atoms with Crippen molar-refractivity contribution in [1.82, 2.24) is 10.6 Å². The van der Waals surface area contributed by atoms with Gasteiger partial charge in [-0.1, -0.05) is 26.0 Å². The number of anilines is 1. The molecule has 0 radical (unpaired) electrons. The van der Waals surface area contributed by atoms with E-state index in [1.165, 1.54) is 0 Å². The summed E-state index contributed by atoms with van der Waals surface area (Å²) in [7, 11) is 0. The predicted octanol–water partition coefficient (Wildman–Crippen LogP) is 2.92. The summed E-state index contributed by atoms with van der Waals surface area (Å²) in [6.45, 7) is 10.3. The average molecular weight is 405 g/mol. The Morgan fingerprint density at radius 2 is 2.07 bits per heavy atom. The van der Waals surface area contributed by atoms with Gasteiger partial charge in [-0.05, 0) is 43.9 Å². The Kier molecular flexibility index (Phi) is 10.5. The molecule has 1 saturated heterocycles. The maximum Gasteiger partial charge on any atom is 0.226 e. The summed E-state index contributed by atoms with van der Waals surface area (Å²) in [6.07, 6.45) is 3.46. The maximum absolute atomic E-state index is 11.8. The van der Waals surface area contributed by atoms with Crippen LogP contribution in [0.2, 0.25) is 0 Å². The van der Waals surface area contributed by atoms with Gasteiger partial charge in [-0.3, -0.25) is 4.79 Å². The lowest BCUT2D eigenvalue weighted by atomic mass is 10.2. The number of guanidine groups is 1. The van der Waals surface area contributed by atoms with Crippen LogP contribution in [-0.4, -0.2) is 50.9 Å². The van der Waals surface area contributed by atoms with Crippen LogP contribution in [-0.2, 0) is 20.8 Å². The molecule has 1 aromatic carbocycles. The van der Waals surface area contributed by atoms with Gasteiger partial charge < -0.3 is 25.4 Å². The van der Waals surface area contributed by atoms with Crippen molar-refractivity contribution in [3.8, 4) is 0 Å². The maximum atomic E-state index is 11.8. The lowest BCUT2D eigenvalue weighted by molar-refractivity contribution is -0.118. The van der Waals surface area contributed by atoms with Gasteiger partial charge in [0.2, 0.25) is 5.91 Å². The molecule has 1 unspecified atom stereocenters. The third-order valence-electron chi connectivity index (χ3n) is 4.60. The minimum atomic E-state index is -0.0329. The summed E-state index contributed by atoms with van der Waals surface area (Å²) < 4.78 is 11.2. The number of rotatable bonds is 11. The van der Waals surface area contributed by atoms with Crippen molar-refractivity contribution in [2.75, 3.05) is 38.2 Å². The first-order valence-corrected chi connectivity index (χ1v) is 10.7. The fourth-order valence-electron chi connectivity index (χ4n) is 2.86. The van der Waals surface area contributed by atoms with Crippen LogP contribution < -0.4 is 16.0 Å². The zero-order valence-corrected chi connectivity index (χ0v) is 18.0. The standard InChI is InChI=1S/C22H36N4O3/c1-4-23-22(24-12-6-13-28-16-20-7-5-14-29-20)25-15-18-8-10-19(11-9-18)26-21(27)17(2)3/h8-11,17,20H,4-7,12-16H2,1-3H3,(H,26,27)(H2,23,24,25). The van der Waals surface area contributed by atoms with Gasteiger partial charge in [0.1, 0.15) is 0 Å². The number of nitrogens with one attached hydrogen (secondary N) is 3. The summed E-state index contributed by atoms with van der Waals surface area (Å²) in [4.78, 5) is 16.4. The molecule has 0 spiro atoms. The molecule has 1 amide bonds. The van der Waals surface area contributed by atoms with Crippen LogP contribution in [0.5, 0.6) is 0 Å². The second kappa shape index (κ2) is 13.2. The van der Waals surface area contributed by atoms with Crippen molar-refractivity contribution in [3.63, 3.8) is 0 Å². The van der Waals surface area contributed by atoms with Gasteiger partial charge in [-0.25, -0.2) is 4.99 Å². The first-order chi connectivity index (χ1) is 14.1. The minimum Gasteiger partial charge on any atom is -0.379 e. The molecule has 7 nitrogen and oxygen atoms in total. The van der Waals surface area contributed by atoms with E-state index in [9.17, 15) is 4.79 Å². The van der Waals surface area contributed by atoms with Crippen molar-refractivity contribution >= 4 is 17.6 Å². The van der Waals surface area contributed by atoms with E-state index in [1.807, 2.05) is 45.0 Å². The van der Waals surface area contributed by atoms with Gasteiger partial charge >= 0.3 is 0 Å². The third kappa shape index (κ3) is 9.28. The SMILES string of the molecule is CCNC(=NCc1ccc(NC(=O)C(C)C)cc1)NCCCOCC1CCCO1. The van der Waals surface area contributed by atoms with Crippen molar-refractivity contribution in [3.05, 3.63) is 29.8 Å². The highest BCUT2D eigenvalue weighted by Crippen LogP contribution is 2.12. The van der Waals surface area contributed by atoms with Crippen LogP contribution in [0.3, 0.4) is 0 Å². The van der Waals surface area contributed by atoms with Crippen molar-refractivity contribution in [2.45, 2.75) is 52.7 Å². The predicted molar refractivity (Wildman–Crippen MR) is 117 cm³/mol. The molecule has 1 aromatic rings. The van der Waals surface area contributed by atoms with E-state index < -0.39 is 0 Å². The van der Waals surface area contributed by atoms with Crippen molar-refractivity contribution in [2.24, 2.45) is 10.9 Å². The third-order valence-corrected chi connectivity index (χ3v) is 4.60. The van der Waals surface area contributed by atoms with E-state index in [2.05, 4.69) is 20.9 Å². The summed E-state index contributed by atoms with van der Waals surface area (Å²) in [5, 5.41) is 9.50. The molecule has 2 rings (SSSR count). The van der Waals surface area contributed by atoms with Crippen molar-refractivity contribution in [1.29, 1.82) is 0 Å². The number of hydrogen-bond donors (Lipinski definition) is 3. The van der Waals surface area contributed by atoms with Crippen LogP contribution in [0.4, 0.5) is 5.69 Å². The van der Waals surface area contributed by atoms with Crippen LogP contribution in [0, 0.1) is 5.92 Å². The Bertz CT molecular complexity index is 625. The number of ether oxygens (including phenoxy) is 2. The minimum absolute atomic E-state index is 0.0224. The number of carbonyl (C=O) groups is 1. The quantitative estimate of drug-likeness (QED) is 0.300. The van der Waals surface area contributed by atoms with E-state index in [0.29, 0.717) is 13.2 Å². The molecule has 162 valence electrons. The molecule has 1 atom stereocenters. The second-order valence-electron chi connectivity index (χ2n) is 7.53. The average Bonchev–Trinajstić information content (AvgIpc) is 3.23. The molecule has 0 saturated carbocycles. The number of hydrogen-bond acceptors (Lipinski definition) is 4. The first-order valence-electron chi connectivity index (χ1n) is 10.7. The zero-order valence-electron chi connectivity index (χ0n) is 18.0. The summed E-state index contributed by atoms with van der Waals surface area (Å²) in [6, 6.07) is 7.80. The normalized spacial score (nSPS) is 16.8. The summed E-state index contributed by atoms with van der Waals surface area (Å²) in [5.41, 5.74) is 1.90. The number of benzene rings is 1. The Morgan fingerprint density at radius 3 is 2.72 bits per heavy atom. The molecule has 0 aliphatic carbocycles. The molecule has 0 aromatic heterocycles. The highest BCUT2D eigenvalue weighted by molar-refractivity contribution is 5.92. The van der Waals surface area contributed by atoms with Crippen molar-refractivity contribution < 1.29 is 14.3 Å². The fourth-order valence-corrected chi connectivity index (χ4v) is 2.86. The van der Waals surface area contributed by atoms with Crippen LogP contribution in [0.1, 0.15) is 45.6 Å². The molecule has 29 heavy (non-hydrogen) atoms. The van der Waals surface area contributed by atoms with Gasteiger partial charge in [0.05, 0.1) is 19.3 Å². The number of aliphatic imine (C=N–C) groups is 1. The van der Waals surface area contributed by atoms with E-state index in [4.69, 9.17) is 9.47 Å². The topological polar surface area (TPSA) is 84.0 Å². The van der Waals surface area contributed by atoms with Gasteiger partial charge in [-0.15, -0.1) is 0 Å². The Labute approximate surface area is 174 Å². The Hall–Kier alpha value is -2.12. The fraction of sp³-hybridized carbons (Fsp3) is 0.636. The van der Waals surface area contributed by atoms with Gasteiger partial charge in [0.25, 0.3) is 0 Å². The molecule has 1 aliphatic rings. The lowest BCUT2D eigenvalue weighted by Crippen LogP contribution is -2.38. The highest BCUT2D eigenvalue weighted by atomic mass is 16.5. The van der Waals surface area contributed by atoms with Crippen LogP contribution in [0.25, 0.3) is 0 Å². The van der Waals surface area contributed by atoms with Crippen LogP contribution >= 0.6 is 0 Å². The molecule has 3 N–H and O–H groups in total. The van der Waals surface area contributed by atoms with E-state index in [0.717, 1.165) is 62.8 Å². The first kappa shape index (κ1) is 23.2. The van der Waals surface area contributed by atoms with E-state index in [1.54, 1.807) is 0 Å². The monoisotopic (exact) mass is 404 g/mol. The molecule has 0 bridgehead atoms. The Morgan fingerprint density at radius 1 is 1.28 bits per heavy atom. The molecule has 7 heteroatoms. The lowest BCUT2D eigenvalue weighted by Gasteiger charge is -2.13. The molecular formula is C22H36N4O3. The summed E-state index contributed by atoms with van der Waals surface area (Å²) in [5.74, 6) is 0.785. The van der Waals surface area contributed by atoms with Gasteiger partial charge in [0, 0.05) is 37.9 Å². The highest BCUT2D eigenvalue weighted by Gasteiger charge is 2.14. The number of amides is 1. The smallest absolute Gasteiger partial charge is 0.226 e. The van der Waals surface area contributed by atoms with Crippen LogP contribution in [0.15, 0.2) is 29.3 Å². The molecule has 1 heterocycles. The summed E-state index contributed by atoms with van der Waals surface area (Å²) >= 11 is 0. The van der Waals surface area contributed by atoms with Gasteiger partial charge in [0.15, 0.2) is 5.96 Å². The molecular weight excluding hydrogens is 368 g/mol. The largest absolute Gasteiger partial charge is 0.379 e. The molecule has 1 aliphatic heterocycles. The Balaban J connectivity index is 1.69. The number of nitrogens with zero attached hydrogens (tertiary/aromatic N) is 1. The molecule has 1 fully saturated rings. The van der Waals surface area contributed by atoms with E-state index >= 15 is 0 Å². The van der Waals surface area contributed by atoms with E-state index in [-0.39, 0.29) is 17.9 Å². The zero-order chi connectivity index (χ0) is 20.9.